The van der Waals surface area contributed by atoms with Crippen LogP contribution in [0.4, 0.5) is 4.39 Å². The summed E-state index contributed by atoms with van der Waals surface area (Å²) in [5.74, 6) is -0.235. The molecule has 1 atom stereocenters. The van der Waals surface area contributed by atoms with Gasteiger partial charge >= 0.3 is 0 Å². The summed E-state index contributed by atoms with van der Waals surface area (Å²) in [7, 11) is 0. The van der Waals surface area contributed by atoms with Crippen molar-refractivity contribution in [1.29, 1.82) is 0 Å². The van der Waals surface area contributed by atoms with Crippen molar-refractivity contribution in [2.24, 2.45) is 0 Å². The topological polar surface area (TPSA) is 12.0 Å². The molecule has 0 saturated heterocycles. The fourth-order valence-electron chi connectivity index (χ4n) is 2.06. The van der Waals surface area contributed by atoms with Crippen molar-refractivity contribution >= 4 is 43.5 Å². The molecule has 1 nitrogen and oxygen atoms in total. The predicted octanol–water partition coefficient (Wildman–Crippen LogP) is 5.70. The lowest BCUT2D eigenvalue weighted by atomic mass is 9.98. The molecule has 2 aromatic carbocycles. The van der Waals surface area contributed by atoms with Gasteiger partial charge < -0.3 is 5.32 Å². The first kappa shape index (κ1) is 16.0. The van der Waals surface area contributed by atoms with Gasteiger partial charge in [0.15, 0.2) is 0 Å². The molecular weight excluding hydrogens is 408 g/mol. The average Bonchev–Trinajstić information content (AvgIpc) is 2.40. The van der Waals surface area contributed by atoms with E-state index in [0.717, 1.165) is 21.1 Å². The van der Waals surface area contributed by atoms with Crippen molar-refractivity contribution < 1.29 is 4.39 Å². The van der Waals surface area contributed by atoms with Gasteiger partial charge in [-0.3, -0.25) is 0 Å². The van der Waals surface area contributed by atoms with Crippen molar-refractivity contribution in [2.75, 3.05) is 6.54 Å². The highest BCUT2D eigenvalue weighted by molar-refractivity contribution is 9.10. The Kier molecular flexibility index (Phi) is 5.61. The van der Waals surface area contributed by atoms with E-state index >= 15 is 0 Å². The SMILES string of the molecule is CCNC(c1cc(Br)ccc1F)c1ccc(Cl)cc1Br. The van der Waals surface area contributed by atoms with E-state index in [1.807, 2.05) is 25.1 Å². The lowest BCUT2D eigenvalue weighted by Gasteiger charge is -2.21. The van der Waals surface area contributed by atoms with Gasteiger partial charge in [-0.15, -0.1) is 0 Å². The van der Waals surface area contributed by atoms with Gasteiger partial charge in [-0.1, -0.05) is 56.5 Å². The standard InChI is InChI=1S/C15H13Br2ClFN/c1-2-20-15(11-5-4-10(18)8-13(11)17)12-7-9(16)3-6-14(12)19/h3-8,15,20H,2H2,1H3. The van der Waals surface area contributed by atoms with E-state index in [4.69, 9.17) is 11.6 Å². The average molecular weight is 422 g/mol. The maximum atomic E-state index is 14.1. The van der Waals surface area contributed by atoms with Gasteiger partial charge in [-0.25, -0.2) is 4.39 Å². The van der Waals surface area contributed by atoms with Gasteiger partial charge in [-0.2, -0.15) is 0 Å². The third-order valence-electron chi connectivity index (χ3n) is 2.95. The Hall–Kier alpha value is -0.420. The fourth-order valence-corrected chi connectivity index (χ4v) is 3.35. The third-order valence-corrected chi connectivity index (χ3v) is 4.37. The molecule has 2 aromatic rings. The van der Waals surface area contributed by atoms with Crippen LogP contribution in [0.2, 0.25) is 5.02 Å². The normalized spacial score (nSPS) is 12.4. The summed E-state index contributed by atoms with van der Waals surface area (Å²) >= 11 is 12.9. The van der Waals surface area contributed by atoms with Gasteiger partial charge in [0, 0.05) is 19.5 Å². The first-order valence-corrected chi connectivity index (χ1v) is 8.12. The van der Waals surface area contributed by atoms with E-state index in [2.05, 4.69) is 37.2 Å². The van der Waals surface area contributed by atoms with Crippen molar-refractivity contribution in [3.05, 3.63) is 67.3 Å². The first-order chi connectivity index (χ1) is 9.52. The molecule has 0 fully saturated rings. The van der Waals surface area contributed by atoms with E-state index < -0.39 is 0 Å². The van der Waals surface area contributed by atoms with E-state index in [9.17, 15) is 4.39 Å². The Morgan fingerprint density at radius 3 is 2.55 bits per heavy atom. The lowest BCUT2D eigenvalue weighted by Crippen LogP contribution is -2.23. The molecule has 0 bridgehead atoms. The van der Waals surface area contributed by atoms with E-state index in [1.165, 1.54) is 6.07 Å². The number of halogens is 4. The number of hydrogen-bond donors (Lipinski definition) is 1. The van der Waals surface area contributed by atoms with Gasteiger partial charge in [0.1, 0.15) is 5.82 Å². The van der Waals surface area contributed by atoms with Crippen molar-refractivity contribution in [1.82, 2.24) is 5.32 Å². The summed E-state index contributed by atoms with van der Waals surface area (Å²) in [4.78, 5) is 0. The minimum atomic E-state index is -0.235. The molecule has 0 aromatic heterocycles. The van der Waals surface area contributed by atoms with Crippen LogP contribution < -0.4 is 5.32 Å². The predicted molar refractivity (Wildman–Crippen MR) is 88.8 cm³/mol. The summed E-state index contributed by atoms with van der Waals surface area (Å²) in [6, 6.07) is 10.2. The molecule has 1 unspecified atom stereocenters. The van der Waals surface area contributed by atoms with Crippen molar-refractivity contribution in [3.8, 4) is 0 Å². The molecule has 0 amide bonds. The first-order valence-electron chi connectivity index (χ1n) is 6.16. The zero-order valence-electron chi connectivity index (χ0n) is 10.8. The summed E-state index contributed by atoms with van der Waals surface area (Å²) in [6.07, 6.45) is 0. The largest absolute Gasteiger partial charge is 0.306 e. The molecule has 0 radical (unpaired) electrons. The second kappa shape index (κ2) is 7.03. The van der Waals surface area contributed by atoms with Crippen LogP contribution in [0.1, 0.15) is 24.1 Å². The molecule has 0 aliphatic heterocycles. The molecule has 0 aliphatic carbocycles. The Bertz CT molecular complexity index is 619. The summed E-state index contributed by atoms with van der Waals surface area (Å²) < 4.78 is 15.8. The smallest absolute Gasteiger partial charge is 0.128 e. The second-order valence-corrected chi connectivity index (χ2v) is 6.53. The zero-order chi connectivity index (χ0) is 14.7. The Balaban J connectivity index is 2.53. The molecular formula is C15H13Br2ClFN. The molecule has 0 saturated carbocycles. The van der Waals surface area contributed by atoms with Crippen LogP contribution in [0.5, 0.6) is 0 Å². The van der Waals surface area contributed by atoms with Gasteiger partial charge in [-0.05, 0) is 42.4 Å². The maximum Gasteiger partial charge on any atom is 0.128 e. The van der Waals surface area contributed by atoms with Crippen LogP contribution in [0.25, 0.3) is 0 Å². The molecule has 1 N–H and O–H groups in total. The number of nitrogens with one attached hydrogen (secondary N) is 1. The highest BCUT2D eigenvalue weighted by Crippen LogP contribution is 2.33. The van der Waals surface area contributed by atoms with E-state index in [1.54, 1.807) is 12.1 Å². The Morgan fingerprint density at radius 2 is 1.90 bits per heavy atom. The quantitative estimate of drug-likeness (QED) is 0.667. The fraction of sp³-hybridized carbons (Fsp3) is 0.200. The monoisotopic (exact) mass is 419 g/mol. The van der Waals surface area contributed by atoms with Gasteiger partial charge in [0.2, 0.25) is 0 Å². The molecule has 106 valence electrons. The highest BCUT2D eigenvalue weighted by atomic mass is 79.9. The Morgan fingerprint density at radius 1 is 1.15 bits per heavy atom. The van der Waals surface area contributed by atoms with Gasteiger partial charge in [0.25, 0.3) is 0 Å². The minimum Gasteiger partial charge on any atom is -0.306 e. The van der Waals surface area contributed by atoms with Crippen LogP contribution in [-0.2, 0) is 0 Å². The second-order valence-electron chi connectivity index (χ2n) is 4.32. The molecule has 0 heterocycles. The van der Waals surface area contributed by atoms with Crippen molar-refractivity contribution in [2.45, 2.75) is 13.0 Å². The Labute approximate surface area is 139 Å². The third kappa shape index (κ3) is 3.61. The number of rotatable bonds is 4. The molecule has 0 aliphatic rings. The minimum absolute atomic E-state index is 0.232. The highest BCUT2D eigenvalue weighted by Gasteiger charge is 2.19. The summed E-state index contributed by atoms with van der Waals surface area (Å²) in [5, 5.41) is 3.95. The molecule has 0 spiro atoms. The summed E-state index contributed by atoms with van der Waals surface area (Å²) in [5.41, 5.74) is 1.55. The molecule has 2 rings (SSSR count). The zero-order valence-corrected chi connectivity index (χ0v) is 14.7. The molecule has 5 heteroatoms. The van der Waals surface area contributed by atoms with E-state index in [-0.39, 0.29) is 11.9 Å². The molecule has 20 heavy (non-hydrogen) atoms. The summed E-state index contributed by atoms with van der Waals surface area (Å²) in [6.45, 7) is 2.72. The number of benzene rings is 2. The van der Waals surface area contributed by atoms with Crippen LogP contribution in [0.15, 0.2) is 45.3 Å². The number of hydrogen-bond acceptors (Lipinski definition) is 1. The van der Waals surface area contributed by atoms with Crippen LogP contribution in [-0.4, -0.2) is 6.54 Å². The maximum absolute atomic E-state index is 14.1. The van der Waals surface area contributed by atoms with E-state index in [0.29, 0.717) is 10.6 Å². The van der Waals surface area contributed by atoms with Crippen LogP contribution >= 0.6 is 43.5 Å². The van der Waals surface area contributed by atoms with Crippen LogP contribution in [0.3, 0.4) is 0 Å². The van der Waals surface area contributed by atoms with Crippen LogP contribution in [0, 0.1) is 5.82 Å². The lowest BCUT2D eigenvalue weighted by molar-refractivity contribution is 0.557. The van der Waals surface area contributed by atoms with Gasteiger partial charge in [0.05, 0.1) is 6.04 Å². The van der Waals surface area contributed by atoms with Crippen molar-refractivity contribution in [3.63, 3.8) is 0 Å².